The van der Waals surface area contributed by atoms with Crippen LogP contribution in [0.3, 0.4) is 0 Å². The lowest BCUT2D eigenvalue weighted by atomic mass is 9.94. The lowest BCUT2D eigenvalue weighted by Gasteiger charge is -2.37. The summed E-state index contributed by atoms with van der Waals surface area (Å²) in [7, 11) is 0. The summed E-state index contributed by atoms with van der Waals surface area (Å²) in [5, 5.41) is 1.29. The van der Waals surface area contributed by atoms with Crippen molar-refractivity contribution in [1.82, 2.24) is 4.90 Å². The molecule has 2 aliphatic rings. The summed E-state index contributed by atoms with van der Waals surface area (Å²) in [6.45, 7) is 2.28. The fraction of sp³-hybridized carbons (Fsp3) is 0.909. The minimum Gasteiger partial charge on any atom is -0.348 e. The molecule has 2 nitrogen and oxygen atoms in total. The Bertz CT molecular complexity index is 209. The molecule has 2 rings (SSSR count). The Morgan fingerprint density at radius 2 is 2.00 bits per heavy atom. The molecule has 0 spiro atoms. The van der Waals surface area contributed by atoms with Gasteiger partial charge in [0.15, 0.2) is 5.17 Å². The third-order valence-electron chi connectivity index (χ3n) is 3.25. The average Bonchev–Trinajstić information content (AvgIpc) is 2.30. The largest absolute Gasteiger partial charge is 0.348 e. The van der Waals surface area contributed by atoms with Gasteiger partial charge in [-0.3, -0.25) is 4.99 Å². The molecule has 0 bridgehead atoms. The van der Waals surface area contributed by atoms with Crippen LogP contribution >= 0.6 is 11.8 Å². The van der Waals surface area contributed by atoms with Crippen molar-refractivity contribution in [2.75, 3.05) is 19.3 Å². The molecule has 0 amide bonds. The van der Waals surface area contributed by atoms with Gasteiger partial charge >= 0.3 is 0 Å². The number of rotatable bonds is 1. The monoisotopic (exact) mass is 212 g/mol. The predicted octanol–water partition coefficient (Wildman–Crippen LogP) is 2.74. The molecule has 0 aromatic heterocycles. The van der Waals surface area contributed by atoms with E-state index >= 15 is 0 Å². The molecule has 0 atom stereocenters. The Morgan fingerprint density at radius 3 is 2.71 bits per heavy atom. The van der Waals surface area contributed by atoms with Crippen molar-refractivity contribution >= 4 is 16.9 Å². The highest BCUT2D eigenvalue weighted by Gasteiger charge is 2.24. The molecule has 0 aromatic carbocycles. The van der Waals surface area contributed by atoms with Gasteiger partial charge < -0.3 is 4.90 Å². The summed E-state index contributed by atoms with van der Waals surface area (Å²) in [5.74, 6) is 0. The Kier molecular flexibility index (Phi) is 3.74. The number of thioether (sulfide) groups is 1. The Morgan fingerprint density at radius 1 is 1.21 bits per heavy atom. The van der Waals surface area contributed by atoms with Crippen LogP contribution in [0.2, 0.25) is 0 Å². The molecule has 1 heterocycles. The van der Waals surface area contributed by atoms with Crippen molar-refractivity contribution in [2.24, 2.45) is 4.99 Å². The number of hydrogen-bond donors (Lipinski definition) is 0. The van der Waals surface area contributed by atoms with Gasteiger partial charge in [0.2, 0.25) is 0 Å². The quantitative estimate of drug-likeness (QED) is 0.664. The fourth-order valence-corrected chi connectivity index (χ4v) is 3.21. The highest BCUT2D eigenvalue weighted by molar-refractivity contribution is 8.13. The van der Waals surface area contributed by atoms with E-state index in [-0.39, 0.29) is 0 Å². The van der Waals surface area contributed by atoms with Gasteiger partial charge in [-0.15, -0.1) is 0 Å². The fourth-order valence-electron chi connectivity index (χ4n) is 2.52. The molecule has 0 saturated heterocycles. The van der Waals surface area contributed by atoms with Crippen LogP contribution in [0.5, 0.6) is 0 Å². The molecule has 1 aliphatic heterocycles. The van der Waals surface area contributed by atoms with Crippen molar-refractivity contribution < 1.29 is 0 Å². The highest BCUT2D eigenvalue weighted by atomic mass is 32.2. The second-order valence-corrected chi connectivity index (χ2v) is 4.98. The maximum Gasteiger partial charge on any atom is 0.159 e. The normalized spacial score (nSPS) is 24.9. The van der Waals surface area contributed by atoms with Gasteiger partial charge in [0.1, 0.15) is 0 Å². The first-order valence-corrected chi connectivity index (χ1v) is 6.99. The molecule has 0 unspecified atom stereocenters. The van der Waals surface area contributed by atoms with Crippen molar-refractivity contribution in [3.63, 3.8) is 0 Å². The van der Waals surface area contributed by atoms with E-state index in [9.17, 15) is 0 Å². The highest BCUT2D eigenvalue weighted by Crippen LogP contribution is 2.26. The van der Waals surface area contributed by atoms with Crippen LogP contribution in [-0.4, -0.2) is 35.5 Å². The van der Waals surface area contributed by atoms with Gasteiger partial charge in [-0.05, 0) is 25.5 Å². The van der Waals surface area contributed by atoms with Crippen molar-refractivity contribution in [1.29, 1.82) is 0 Å². The van der Waals surface area contributed by atoms with Gasteiger partial charge in [0.25, 0.3) is 0 Å². The Balaban J connectivity index is 1.99. The van der Waals surface area contributed by atoms with Crippen molar-refractivity contribution in [3.8, 4) is 0 Å². The van der Waals surface area contributed by atoms with Crippen LogP contribution in [0.1, 0.15) is 38.5 Å². The first-order chi connectivity index (χ1) is 6.92. The SMILES string of the molecule is CSC1=NCCCN1C1CCCCC1. The lowest BCUT2D eigenvalue weighted by Crippen LogP contribution is -2.42. The van der Waals surface area contributed by atoms with E-state index in [1.807, 2.05) is 11.8 Å². The van der Waals surface area contributed by atoms with E-state index in [0.717, 1.165) is 12.6 Å². The molecule has 0 aromatic rings. The molecule has 3 heteroatoms. The zero-order valence-corrected chi connectivity index (χ0v) is 9.85. The lowest BCUT2D eigenvalue weighted by molar-refractivity contribution is 0.239. The molecule has 14 heavy (non-hydrogen) atoms. The molecule has 1 aliphatic carbocycles. The minimum absolute atomic E-state index is 0.801. The summed E-state index contributed by atoms with van der Waals surface area (Å²) in [5.41, 5.74) is 0. The summed E-state index contributed by atoms with van der Waals surface area (Å²) < 4.78 is 0. The number of hydrogen-bond acceptors (Lipinski definition) is 3. The van der Waals surface area contributed by atoms with E-state index < -0.39 is 0 Å². The van der Waals surface area contributed by atoms with Crippen LogP contribution in [0.15, 0.2) is 4.99 Å². The third kappa shape index (κ3) is 2.25. The predicted molar refractivity (Wildman–Crippen MR) is 64.0 cm³/mol. The summed E-state index contributed by atoms with van der Waals surface area (Å²) in [6, 6.07) is 0.801. The maximum absolute atomic E-state index is 4.61. The zero-order chi connectivity index (χ0) is 9.80. The number of nitrogens with zero attached hydrogens (tertiary/aromatic N) is 2. The summed E-state index contributed by atoms with van der Waals surface area (Å²) in [6.07, 6.45) is 10.5. The first-order valence-electron chi connectivity index (χ1n) is 5.77. The van der Waals surface area contributed by atoms with Crippen LogP contribution in [-0.2, 0) is 0 Å². The van der Waals surface area contributed by atoms with Gasteiger partial charge in [-0.2, -0.15) is 0 Å². The molecule has 1 fully saturated rings. The molecular weight excluding hydrogens is 192 g/mol. The second-order valence-electron chi connectivity index (χ2n) is 4.21. The van der Waals surface area contributed by atoms with E-state index in [4.69, 9.17) is 0 Å². The van der Waals surface area contributed by atoms with Crippen molar-refractivity contribution in [2.45, 2.75) is 44.6 Å². The third-order valence-corrected chi connectivity index (χ3v) is 3.98. The Labute approximate surface area is 91.2 Å². The Hall–Kier alpha value is -0.180. The standard InChI is InChI=1S/C11H20N2S/c1-14-11-12-8-5-9-13(11)10-6-3-2-4-7-10/h10H,2-9H2,1H3. The van der Waals surface area contributed by atoms with E-state index in [0.29, 0.717) is 0 Å². The van der Waals surface area contributed by atoms with E-state index in [2.05, 4.69) is 16.1 Å². The zero-order valence-electron chi connectivity index (χ0n) is 9.04. The number of amidine groups is 1. The van der Waals surface area contributed by atoms with Crippen LogP contribution in [0.4, 0.5) is 0 Å². The van der Waals surface area contributed by atoms with E-state index in [1.165, 1.54) is 50.2 Å². The maximum atomic E-state index is 4.61. The van der Waals surface area contributed by atoms with Gasteiger partial charge in [-0.1, -0.05) is 31.0 Å². The molecular formula is C11H20N2S. The molecule has 0 N–H and O–H groups in total. The van der Waals surface area contributed by atoms with Crippen LogP contribution < -0.4 is 0 Å². The smallest absolute Gasteiger partial charge is 0.159 e. The van der Waals surface area contributed by atoms with Gasteiger partial charge in [-0.25, -0.2) is 0 Å². The van der Waals surface area contributed by atoms with Crippen LogP contribution in [0.25, 0.3) is 0 Å². The number of aliphatic imine (C=N–C) groups is 1. The topological polar surface area (TPSA) is 15.6 Å². The molecule has 0 radical (unpaired) electrons. The molecule has 1 saturated carbocycles. The van der Waals surface area contributed by atoms with Gasteiger partial charge in [0.05, 0.1) is 0 Å². The van der Waals surface area contributed by atoms with Crippen molar-refractivity contribution in [3.05, 3.63) is 0 Å². The average molecular weight is 212 g/mol. The van der Waals surface area contributed by atoms with E-state index in [1.54, 1.807) is 0 Å². The summed E-state index contributed by atoms with van der Waals surface area (Å²) in [4.78, 5) is 7.17. The van der Waals surface area contributed by atoms with Crippen LogP contribution in [0, 0.1) is 0 Å². The summed E-state index contributed by atoms with van der Waals surface area (Å²) >= 11 is 1.82. The second kappa shape index (κ2) is 5.06. The molecule has 80 valence electrons. The van der Waals surface area contributed by atoms with Gasteiger partial charge in [0, 0.05) is 19.1 Å². The minimum atomic E-state index is 0.801. The first kappa shape index (κ1) is 10.3.